The molecule has 0 bridgehead atoms. The maximum absolute atomic E-state index is 5.46. The van der Waals surface area contributed by atoms with Gasteiger partial charge in [0.2, 0.25) is 11.7 Å². The SMILES string of the molecule is CC1(c2nc(-c3cccc(Br)c3)no2)CCCCN1.Cl. The lowest BCUT2D eigenvalue weighted by molar-refractivity contribution is 0.207. The Balaban J connectivity index is 0.00000147. The van der Waals surface area contributed by atoms with Crippen LogP contribution < -0.4 is 5.32 Å². The highest BCUT2D eigenvalue weighted by Gasteiger charge is 2.34. The summed E-state index contributed by atoms with van der Waals surface area (Å²) < 4.78 is 6.47. The van der Waals surface area contributed by atoms with Crippen LogP contribution in [0.1, 0.15) is 32.1 Å². The van der Waals surface area contributed by atoms with E-state index in [4.69, 9.17) is 4.52 Å². The number of aromatic nitrogens is 2. The Bertz CT molecular complexity index is 581. The van der Waals surface area contributed by atoms with Gasteiger partial charge in [0.25, 0.3) is 0 Å². The average Bonchev–Trinajstić information content (AvgIpc) is 2.90. The summed E-state index contributed by atoms with van der Waals surface area (Å²) in [5, 5.41) is 7.58. The fraction of sp³-hybridized carbons (Fsp3) is 0.429. The second kappa shape index (κ2) is 6.24. The summed E-state index contributed by atoms with van der Waals surface area (Å²) in [6.07, 6.45) is 3.44. The Morgan fingerprint density at radius 1 is 1.35 bits per heavy atom. The highest BCUT2D eigenvalue weighted by Crippen LogP contribution is 2.30. The summed E-state index contributed by atoms with van der Waals surface area (Å²) in [4.78, 5) is 4.56. The van der Waals surface area contributed by atoms with Crippen LogP contribution in [0.3, 0.4) is 0 Å². The molecule has 1 atom stereocenters. The molecule has 1 aromatic carbocycles. The van der Waals surface area contributed by atoms with Crippen molar-refractivity contribution in [2.24, 2.45) is 0 Å². The van der Waals surface area contributed by atoms with Crippen molar-refractivity contribution in [1.29, 1.82) is 0 Å². The minimum Gasteiger partial charge on any atom is -0.337 e. The largest absolute Gasteiger partial charge is 0.337 e. The molecule has 0 saturated carbocycles. The molecule has 6 heteroatoms. The Kier molecular flexibility index (Phi) is 4.83. The van der Waals surface area contributed by atoms with Gasteiger partial charge >= 0.3 is 0 Å². The molecule has 1 aliphatic heterocycles. The molecule has 0 spiro atoms. The highest BCUT2D eigenvalue weighted by molar-refractivity contribution is 9.10. The zero-order valence-electron chi connectivity index (χ0n) is 11.2. The van der Waals surface area contributed by atoms with Crippen molar-refractivity contribution in [3.05, 3.63) is 34.6 Å². The maximum atomic E-state index is 5.46. The standard InChI is InChI=1S/C14H16BrN3O.ClH/c1-14(7-2-3-8-16-14)13-17-12(18-19-13)10-5-4-6-11(15)9-10;/h4-6,9,16H,2-3,7-8H2,1H3;1H. The van der Waals surface area contributed by atoms with Crippen molar-refractivity contribution in [3.8, 4) is 11.4 Å². The third-order valence-electron chi connectivity index (χ3n) is 3.60. The normalized spacial score (nSPS) is 22.3. The second-order valence-corrected chi connectivity index (χ2v) is 6.07. The maximum Gasteiger partial charge on any atom is 0.246 e. The Labute approximate surface area is 132 Å². The van der Waals surface area contributed by atoms with Crippen LogP contribution in [0, 0.1) is 0 Å². The molecule has 20 heavy (non-hydrogen) atoms. The van der Waals surface area contributed by atoms with E-state index in [0.717, 1.165) is 23.0 Å². The number of nitrogens with one attached hydrogen (secondary N) is 1. The first-order chi connectivity index (χ1) is 9.17. The van der Waals surface area contributed by atoms with Gasteiger partial charge in [-0.2, -0.15) is 4.98 Å². The second-order valence-electron chi connectivity index (χ2n) is 5.15. The van der Waals surface area contributed by atoms with Crippen molar-refractivity contribution in [2.45, 2.75) is 31.7 Å². The molecule has 0 aliphatic carbocycles. The van der Waals surface area contributed by atoms with Crippen molar-refractivity contribution in [1.82, 2.24) is 15.5 Å². The van der Waals surface area contributed by atoms with Gasteiger partial charge in [-0.15, -0.1) is 12.4 Å². The fourth-order valence-corrected chi connectivity index (χ4v) is 2.83. The van der Waals surface area contributed by atoms with E-state index in [2.05, 4.69) is 38.3 Å². The van der Waals surface area contributed by atoms with Gasteiger partial charge in [0.1, 0.15) is 0 Å². The molecule has 1 unspecified atom stereocenters. The van der Waals surface area contributed by atoms with Gasteiger partial charge in [0, 0.05) is 10.0 Å². The van der Waals surface area contributed by atoms with Crippen LogP contribution in [-0.2, 0) is 5.54 Å². The van der Waals surface area contributed by atoms with E-state index in [9.17, 15) is 0 Å². The molecule has 0 radical (unpaired) electrons. The van der Waals surface area contributed by atoms with Gasteiger partial charge in [-0.3, -0.25) is 0 Å². The molecule has 1 aliphatic rings. The van der Waals surface area contributed by atoms with Gasteiger partial charge in [-0.1, -0.05) is 33.2 Å². The summed E-state index contributed by atoms with van der Waals surface area (Å²) in [7, 11) is 0. The molecule has 0 amide bonds. The zero-order valence-corrected chi connectivity index (χ0v) is 13.6. The number of halogens is 2. The number of hydrogen-bond acceptors (Lipinski definition) is 4. The molecular formula is C14H17BrClN3O. The summed E-state index contributed by atoms with van der Waals surface area (Å²) in [5.74, 6) is 1.33. The van der Waals surface area contributed by atoms with E-state index in [1.165, 1.54) is 12.8 Å². The van der Waals surface area contributed by atoms with Gasteiger partial charge in [0.15, 0.2) is 0 Å². The topological polar surface area (TPSA) is 51.0 Å². The molecule has 4 nitrogen and oxygen atoms in total. The van der Waals surface area contributed by atoms with Crippen molar-refractivity contribution >= 4 is 28.3 Å². The van der Waals surface area contributed by atoms with E-state index in [0.29, 0.717) is 11.7 Å². The van der Waals surface area contributed by atoms with E-state index in [1.54, 1.807) is 0 Å². The lowest BCUT2D eigenvalue weighted by atomic mass is 9.91. The molecule has 1 fully saturated rings. The molecule has 108 valence electrons. The summed E-state index contributed by atoms with van der Waals surface area (Å²) in [6.45, 7) is 3.13. The predicted molar refractivity (Wildman–Crippen MR) is 83.9 cm³/mol. The lowest BCUT2D eigenvalue weighted by Gasteiger charge is -2.31. The van der Waals surface area contributed by atoms with Gasteiger partial charge < -0.3 is 9.84 Å². The Hall–Kier alpha value is -0.910. The fourth-order valence-electron chi connectivity index (χ4n) is 2.43. The number of benzene rings is 1. The first-order valence-electron chi connectivity index (χ1n) is 6.52. The van der Waals surface area contributed by atoms with Crippen LogP contribution >= 0.6 is 28.3 Å². The first-order valence-corrected chi connectivity index (χ1v) is 7.32. The lowest BCUT2D eigenvalue weighted by Crippen LogP contribution is -2.43. The quantitative estimate of drug-likeness (QED) is 0.884. The van der Waals surface area contributed by atoms with Gasteiger partial charge in [-0.05, 0) is 44.9 Å². The summed E-state index contributed by atoms with van der Waals surface area (Å²) in [5.41, 5.74) is 0.777. The van der Waals surface area contributed by atoms with Crippen LogP contribution in [0.15, 0.2) is 33.3 Å². The van der Waals surface area contributed by atoms with Gasteiger partial charge in [0.05, 0.1) is 5.54 Å². The van der Waals surface area contributed by atoms with Crippen LogP contribution in [-0.4, -0.2) is 16.7 Å². The number of piperidine rings is 1. The molecule has 3 rings (SSSR count). The Morgan fingerprint density at radius 2 is 2.20 bits per heavy atom. The van der Waals surface area contributed by atoms with Crippen molar-refractivity contribution in [3.63, 3.8) is 0 Å². The minimum atomic E-state index is -0.185. The summed E-state index contributed by atoms with van der Waals surface area (Å²) >= 11 is 3.45. The van der Waals surface area contributed by atoms with Crippen molar-refractivity contribution in [2.75, 3.05) is 6.54 Å². The van der Waals surface area contributed by atoms with Crippen LogP contribution in [0.2, 0.25) is 0 Å². The van der Waals surface area contributed by atoms with E-state index in [1.807, 2.05) is 24.3 Å². The van der Waals surface area contributed by atoms with E-state index < -0.39 is 0 Å². The van der Waals surface area contributed by atoms with Crippen LogP contribution in [0.4, 0.5) is 0 Å². The molecular weight excluding hydrogens is 342 g/mol. The first kappa shape index (κ1) is 15.5. The summed E-state index contributed by atoms with van der Waals surface area (Å²) in [6, 6.07) is 7.92. The molecule has 2 aromatic rings. The molecule has 2 heterocycles. The van der Waals surface area contributed by atoms with E-state index in [-0.39, 0.29) is 17.9 Å². The molecule has 1 saturated heterocycles. The average molecular weight is 359 g/mol. The zero-order chi connectivity index (χ0) is 13.3. The van der Waals surface area contributed by atoms with Crippen LogP contribution in [0.25, 0.3) is 11.4 Å². The molecule has 1 N–H and O–H groups in total. The van der Waals surface area contributed by atoms with Crippen LogP contribution in [0.5, 0.6) is 0 Å². The molecule has 1 aromatic heterocycles. The minimum absolute atomic E-state index is 0. The predicted octanol–water partition coefficient (Wildman–Crippen LogP) is 3.91. The number of hydrogen-bond donors (Lipinski definition) is 1. The van der Waals surface area contributed by atoms with Gasteiger partial charge in [-0.25, -0.2) is 0 Å². The Morgan fingerprint density at radius 3 is 2.90 bits per heavy atom. The monoisotopic (exact) mass is 357 g/mol. The third kappa shape index (κ3) is 3.05. The van der Waals surface area contributed by atoms with E-state index >= 15 is 0 Å². The number of rotatable bonds is 2. The number of nitrogens with zero attached hydrogens (tertiary/aromatic N) is 2. The van der Waals surface area contributed by atoms with Crippen molar-refractivity contribution < 1.29 is 4.52 Å². The third-order valence-corrected chi connectivity index (χ3v) is 4.09. The smallest absolute Gasteiger partial charge is 0.246 e. The highest BCUT2D eigenvalue weighted by atomic mass is 79.9.